The van der Waals surface area contributed by atoms with Crippen molar-refractivity contribution in [1.82, 2.24) is 10.2 Å². The molecular weight excluding hydrogens is 260 g/mol. The standard InChI is InChI=1S/C14H22N2O4/c1-9(2)7-12(13(17)18)15-14(19)16(4)8-11-5-6-20-10(11)3/h5-6,9,12H,7-8H2,1-4H3,(H,15,19)(H,17,18)/t12-/m0/s1. The first-order chi connectivity index (χ1) is 9.31. The molecule has 6 heteroatoms. The van der Waals surface area contributed by atoms with Crippen LogP contribution >= 0.6 is 0 Å². The van der Waals surface area contributed by atoms with Crippen molar-refractivity contribution < 1.29 is 19.1 Å². The van der Waals surface area contributed by atoms with E-state index in [1.165, 1.54) is 4.90 Å². The highest BCUT2D eigenvalue weighted by molar-refractivity contribution is 5.82. The van der Waals surface area contributed by atoms with E-state index in [0.29, 0.717) is 13.0 Å². The third-order valence-electron chi connectivity index (χ3n) is 3.02. The molecule has 0 radical (unpaired) electrons. The van der Waals surface area contributed by atoms with Crippen LogP contribution in [0, 0.1) is 12.8 Å². The number of carbonyl (C=O) groups excluding carboxylic acids is 1. The Bertz CT molecular complexity index is 467. The average molecular weight is 282 g/mol. The monoisotopic (exact) mass is 282 g/mol. The molecule has 1 aromatic rings. The highest BCUT2D eigenvalue weighted by Gasteiger charge is 2.23. The number of amides is 2. The molecule has 1 heterocycles. The molecule has 0 fully saturated rings. The zero-order valence-electron chi connectivity index (χ0n) is 12.3. The van der Waals surface area contributed by atoms with Crippen LogP contribution in [0.1, 0.15) is 31.6 Å². The molecule has 20 heavy (non-hydrogen) atoms. The van der Waals surface area contributed by atoms with Crippen molar-refractivity contribution in [3.05, 3.63) is 23.7 Å². The van der Waals surface area contributed by atoms with Gasteiger partial charge in [0.1, 0.15) is 11.8 Å². The molecule has 6 nitrogen and oxygen atoms in total. The lowest BCUT2D eigenvalue weighted by Gasteiger charge is -2.22. The van der Waals surface area contributed by atoms with E-state index < -0.39 is 18.0 Å². The fraction of sp³-hybridized carbons (Fsp3) is 0.571. The number of hydrogen-bond donors (Lipinski definition) is 2. The second kappa shape index (κ2) is 6.98. The summed E-state index contributed by atoms with van der Waals surface area (Å²) in [4.78, 5) is 24.6. The van der Waals surface area contributed by atoms with Gasteiger partial charge in [-0.2, -0.15) is 0 Å². The van der Waals surface area contributed by atoms with E-state index in [9.17, 15) is 9.59 Å². The van der Waals surface area contributed by atoms with Crippen molar-refractivity contribution in [2.24, 2.45) is 5.92 Å². The summed E-state index contributed by atoms with van der Waals surface area (Å²) in [5.41, 5.74) is 0.901. The summed E-state index contributed by atoms with van der Waals surface area (Å²) < 4.78 is 5.16. The van der Waals surface area contributed by atoms with E-state index in [1.54, 1.807) is 19.4 Å². The Balaban J connectivity index is 2.59. The Hall–Kier alpha value is -1.98. The Morgan fingerprint density at radius 3 is 2.55 bits per heavy atom. The van der Waals surface area contributed by atoms with E-state index in [4.69, 9.17) is 9.52 Å². The summed E-state index contributed by atoms with van der Waals surface area (Å²) >= 11 is 0. The summed E-state index contributed by atoms with van der Waals surface area (Å²) in [7, 11) is 1.62. The Labute approximate surface area is 118 Å². The van der Waals surface area contributed by atoms with Crippen LogP contribution in [0.15, 0.2) is 16.7 Å². The molecular formula is C14H22N2O4. The van der Waals surface area contributed by atoms with Crippen molar-refractivity contribution in [2.75, 3.05) is 7.05 Å². The number of hydrogen-bond acceptors (Lipinski definition) is 3. The quantitative estimate of drug-likeness (QED) is 0.838. The molecule has 0 aliphatic rings. The van der Waals surface area contributed by atoms with Gasteiger partial charge in [-0.1, -0.05) is 13.8 Å². The molecule has 0 bridgehead atoms. The van der Waals surface area contributed by atoms with Crippen molar-refractivity contribution in [3.8, 4) is 0 Å². The van der Waals surface area contributed by atoms with Crippen LogP contribution in [-0.2, 0) is 11.3 Å². The third-order valence-corrected chi connectivity index (χ3v) is 3.02. The number of urea groups is 1. The Morgan fingerprint density at radius 2 is 2.10 bits per heavy atom. The number of carboxylic acid groups (broad SMARTS) is 1. The summed E-state index contributed by atoms with van der Waals surface area (Å²) in [6.07, 6.45) is 1.97. The Morgan fingerprint density at radius 1 is 1.45 bits per heavy atom. The smallest absolute Gasteiger partial charge is 0.326 e. The minimum absolute atomic E-state index is 0.192. The second-order valence-electron chi connectivity index (χ2n) is 5.33. The number of nitrogens with one attached hydrogen (secondary N) is 1. The topological polar surface area (TPSA) is 82.8 Å². The van der Waals surface area contributed by atoms with Gasteiger partial charge in [0.25, 0.3) is 0 Å². The van der Waals surface area contributed by atoms with Gasteiger partial charge in [-0.25, -0.2) is 9.59 Å². The zero-order valence-corrected chi connectivity index (χ0v) is 12.3. The van der Waals surface area contributed by atoms with Crippen LogP contribution < -0.4 is 5.32 Å². The fourth-order valence-corrected chi connectivity index (χ4v) is 1.85. The molecule has 0 saturated heterocycles. The maximum Gasteiger partial charge on any atom is 0.326 e. The molecule has 112 valence electrons. The number of aryl methyl sites for hydroxylation is 1. The van der Waals surface area contributed by atoms with Crippen LogP contribution in [-0.4, -0.2) is 35.1 Å². The molecule has 0 saturated carbocycles. The molecule has 0 aliphatic carbocycles. The SMILES string of the molecule is Cc1occc1CN(C)C(=O)N[C@@H](CC(C)C)C(=O)O. The van der Waals surface area contributed by atoms with Crippen LogP contribution in [0.3, 0.4) is 0 Å². The number of carbonyl (C=O) groups is 2. The average Bonchev–Trinajstić information content (AvgIpc) is 2.73. The van der Waals surface area contributed by atoms with Gasteiger partial charge >= 0.3 is 12.0 Å². The fourth-order valence-electron chi connectivity index (χ4n) is 1.85. The molecule has 0 aliphatic heterocycles. The molecule has 1 rings (SSSR count). The normalized spacial score (nSPS) is 12.2. The van der Waals surface area contributed by atoms with Gasteiger partial charge in [0.05, 0.1) is 12.8 Å². The largest absolute Gasteiger partial charge is 0.480 e. The molecule has 2 amide bonds. The van der Waals surface area contributed by atoms with E-state index >= 15 is 0 Å². The van der Waals surface area contributed by atoms with Crippen molar-refractivity contribution >= 4 is 12.0 Å². The molecule has 0 spiro atoms. The number of furan rings is 1. The first-order valence-corrected chi connectivity index (χ1v) is 6.58. The summed E-state index contributed by atoms with van der Waals surface area (Å²) in [6, 6.07) is 0.524. The van der Waals surface area contributed by atoms with Crippen LogP contribution in [0.25, 0.3) is 0 Å². The first kappa shape index (κ1) is 16.1. The minimum Gasteiger partial charge on any atom is -0.480 e. The Kier molecular flexibility index (Phi) is 5.61. The van der Waals surface area contributed by atoms with Gasteiger partial charge in [0.2, 0.25) is 0 Å². The number of rotatable bonds is 6. The lowest BCUT2D eigenvalue weighted by molar-refractivity contribution is -0.139. The van der Waals surface area contributed by atoms with Gasteiger partial charge in [-0.15, -0.1) is 0 Å². The number of aliphatic carboxylic acids is 1. The first-order valence-electron chi connectivity index (χ1n) is 6.58. The highest BCUT2D eigenvalue weighted by atomic mass is 16.4. The van der Waals surface area contributed by atoms with Crippen molar-refractivity contribution in [3.63, 3.8) is 0 Å². The summed E-state index contributed by atoms with van der Waals surface area (Å²) in [6.45, 7) is 6.03. The number of nitrogens with zero attached hydrogens (tertiary/aromatic N) is 1. The predicted molar refractivity (Wildman–Crippen MR) is 74.3 cm³/mol. The van der Waals surface area contributed by atoms with E-state index in [1.807, 2.05) is 20.8 Å². The van der Waals surface area contributed by atoms with Crippen LogP contribution in [0.2, 0.25) is 0 Å². The number of carboxylic acids is 1. The van der Waals surface area contributed by atoms with Gasteiger partial charge in [0, 0.05) is 12.6 Å². The molecule has 0 aromatic carbocycles. The van der Waals surface area contributed by atoms with Gasteiger partial charge < -0.3 is 19.7 Å². The van der Waals surface area contributed by atoms with Crippen molar-refractivity contribution in [2.45, 2.75) is 39.8 Å². The molecule has 1 aromatic heterocycles. The van der Waals surface area contributed by atoms with E-state index in [0.717, 1.165) is 11.3 Å². The maximum atomic E-state index is 12.0. The van der Waals surface area contributed by atoms with Gasteiger partial charge in [-0.3, -0.25) is 0 Å². The molecule has 0 unspecified atom stereocenters. The summed E-state index contributed by atoms with van der Waals surface area (Å²) in [5, 5.41) is 11.6. The van der Waals surface area contributed by atoms with Gasteiger partial charge in [-0.05, 0) is 25.3 Å². The maximum absolute atomic E-state index is 12.0. The van der Waals surface area contributed by atoms with Crippen molar-refractivity contribution in [1.29, 1.82) is 0 Å². The third kappa shape index (κ3) is 4.60. The van der Waals surface area contributed by atoms with Crippen LogP contribution in [0.4, 0.5) is 4.79 Å². The highest BCUT2D eigenvalue weighted by Crippen LogP contribution is 2.11. The van der Waals surface area contributed by atoms with Gasteiger partial charge in [0.15, 0.2) is 0 Å². The second-order valence-corrected chi connectivity index (χ2v) is 5.33. The van der Waals surface area contributed by atoms with Crippen LogP contribution in [0.5, 0.6) is 0 Å². The summed E-state index contributed by atoms with van der Waals surface area (Å²) in [5.74, 6) is -0.0700. The zero-order chi connectivity index (χ0) is 15.3. The predicted octanol–water partition coefficient (Wildman–Crippen LogP) is 2.23. The van der Waals surface area contributed by atoms with E-state index in [-0.39, 0.29) is 5.92 Å². The molecule has 1 atom stereocenters. The minimum atomic E-state index is -1.01. The van der Waals surface area contributed by atoms with E-state index in [2.05, 4.69) is 5.32 Å². The lowest BCUT2D eigenvalue weighted by Crippen LogP contribution is -2.47. The lowest BCUT2D eigenvalue weighted by atomic mass is 10.0. The molecule has 2 N–H and O–H groups in total.